The molecule has 3 aromatic heterocycles. The second-order valence-electron chi connectivity index (χ2n) is 9.42. The number of amides is 1. The van der Waals surface area contributed by atoms with Crippen molar-refractivity contribution in [1.82, 2.24) is 29.3 Å². The highest BCUT2D eigenvalue weighted by Gasteiger charge is 2.57. The predicted molar refractivity (Wildman–Crippen MR) is 122 cm³/mol. The molecule has 0 aromatic carbocycles. The zero-order chi connectivity index (χ0) is 22.1. The van der Waals surface area contributed by atoms with Gasteiger partial charge < -0.3 is 9.47 Å². The molecule has 3 aromatic rings. The maximum absolute atomic E-state index is 13.9. The summed E-state index contributed by atoms with van der Waals surface area (Å²) in [6.45, 7) is 8.08. The van der Waals surface area contributed by atoms with Gasteiger partial charge in [0.1, 0.15) is 0 Å². The van der Waals surface area contributed by atoms with Crippen LogP contribution in [-0.4, -0.2) is 54.9 Å². The lowest BCUT2D eigenvalue weighted by molar-refractivity contribution is -0.136. The summed E-state index contributed by atoms with van der Waals surface area (Å²) >= 11 is 0. The van der Waals surface area contributed by atoms with E-state index in [0.717, 1.165) is 43.9 Å². The van der Waals surface area contributed by atoms with Crippen LogP contribution in [0, 0.1) is 5.41 Å². The Kier molecular flexibility index (Phi) is 5.51. The minimum atomic E-state index is -0.430. The van der Waals surface area contributed by atoms with Crippen LogP contribution < -0.4 is 0 Å². The van der Waals surface area contributed by atoms with Gasteiger partial charge in [-0.1, -0.05) is 12.1 Å². The number of carbonyl (C=O) groups is 1. The van der Waals surface area contributed by atoms with Crippen LogP contribution in [0.3, 0.4) is 0 Å². The number of carbonyl (C=O) groups excluding carboxylic acids is 1. The number of nitrogens with zero attached hydrogens (tertiary/aromatic N) is 6. The molecule has 2 aliphatic rings. The molecule has 7 nitrogen and oxygen atoms in total. The van der Waals surface area contributed by atoms with E-state index < -0.39 is 5.41 Å². The van der Waals surface area contributed by atoms with Crippen molar-refractivity contribution in [3.63, 3.8) is 0 Å². The minimum Gasteiger partial charge on any atom is -0.338 e. The third-order valence-corrected chi connectivity index (χ3v) is 6.95. The molecule has 0 saturated carbocycles. The zero-order valence-corrected chi connectivity index (χ0v) is 18.8. The van der Waals surface area contributed by atoms with Gasteiger partial charge in [-0.2, -0.15) is 0 Å². The van der Waals surface area contributed by atoms with E-state index in [4.69, 9.17) is 4.98 Å². The van der Waals surface area contributed by atoms with Crippen LogP contribution in [0.2, 0.25) is 0 Å². The van der Waals surface area contributed by atoms with E-state index in [0.29, 0.717) is 12.6 Å². The van der Waals surface area contributed by atoms with Gasteiger partial charge in [0.05, 0.1) is 17.4 Å². The SMILES string of the molecule is CC(C)n1cnc([C@@H]2CN(Cc3cccnc3)C[C@]23CCN(Cc2cccnc2)C3=O)c1. The topological polar surface area (TPSA) is 67.2 Å². The van der Waals surface area contributed by atoms with E-state index >= 15 is 0 Å². The van der Waals surface area contributed by atoms with E-state index in [-0.39, 0.29) is 11.8 Å². The number of imidazole rings is 1. The van der Waals surface area contributed by atoms with Crippen molar-refractivity contribution in [1.29, 1.82) is 0 Å². The summed E-state index contributed by atoms with van der Waals surface area (Å²) in [5, 5.41) is 0. The second kappa shape index (κ2) is 8.47. The number of pyridine rings is 2. The van der Waals surface area contributed by atoms with Gasteiger partial charge in [-0.15, -0.1) is 0 Å². The Morgan fingerprint density at radius 3 is 2.44 bits per heavy atom. The lowest BCUT2D eigenvalue weighted by atomic mass is 9.75. The summed E-state index contributed by atoms with van der Waals surface area (Å²) in [4.78, 5) is 31.6. The molecule has 2 atom stereocenters. The molecule has 1 spiro atoms. The first-order chi connectivity index (χ1) is 15.5. The molecule has 2 saturated heterocycles. The zero-order valence-electron chi connectivity index (χ0n) is 18.8. The van der Waals surface area contributed by atoms with Crippen LogP contribution in [0.1, 0.15) is 49.0 Å². The number of hydrogen-bond acceptors (Lipinski definition) is 5. The van der Waals surface area contributed by atoms with Crippen molar-refractivity contribution >= 4 is 5.91 Å². The van der Waals surface area contributed by atoms with Crippen LogP contribution in [0.25, 0.3) is 0 Å². The standard InChI is InChI=1S/C25H30N6O/c1-19(2)31-16-23(28-18-31)22-15-29(13-20-5-3-8-26-11-20)17-25(22)7-10-30(24(25)32)14-21-6-4-9-27-12-21/h3-6,8-9,11-12,16,18-19,22H,7,10,13-15,17H2,1-2H3/t22-,25+/m0/s1. The van der Waals surface area contributed by atoms with Gasteiger partial charge in [0.25, 0.3) is 0 Å². The number of aromatic nitrogens is 4. The van der Waals surface area contributed by atoms with Gasteiger partial charge in [0.15, 0.2) is 0 Å². The van der Waals surface area contributed by atoms with Crippen molar-refractivity contribution in [2.24, 2.45) is 5.41 Å². The summed E-state index contributed by atoms with van der Waals surface area (Å²) in [5.41, 5.74) is 2.85. The Hall–Kier alpha value is -3.06. The van der Waals surface area contributed by atoms with Crippen LogP contribution >= 0.6 is 0 Å². The Morgan fingerprint density at radius 2 is 1.81 bits per heavy atom. The van der Waals surface area contributed by atoms with Crippen LogP contribution in [0.4, 0.5) is 0 Å². The maximum Gasteiger partial charge on any atom is 0.231 e. The van der Waals surface area contributed by atoms with Gasteiger partial charge in [0, 0.05) is 75.7 Å². The molecule has 7 heteroatoms. The molecule has 5 rings (SSSR count). The number of rotatable bonds is 6. The highest BCUT2D eigenvalue weighted by molar-refractivity contribution is 5.86. The smallest absolute Gasteiger partial charge is 0.231 e. The lowest BCUT2D eigenvalue weighted by Gasteiger charge is -2.28. The third kappa shape index (κ3) is 3.81. The van der Waals surface area contributed by atoms with Crippen molar-refractivity contribution in [3.8, 4) is 0 Å². The molecule has 2 fully saturated rings. The fourth-order valence-electron chi connectivity index (χ4n) is 5.26. The highest BCUT2D eigenvalue weighted by Crippen LogP contribution is 2.50. The third-order valence-electron chi connectivity index (χ3n) is 6.95. The Bertz CT molecular complexity index is 1070. The van der Waals surface area contributed by atoms with Crippen LogP contribution in [0.15, 0.2) is 61.6 Å². The van der Waals surface area contributed by atoms with Crippen LogP contribution in [0.5, 0.6) is 0 Å². The summed E-state index contributed by atoms with van der Waals surface area (Å²) < 4.78 is 2.14. The molecule has 0 bridgehead atoms. The van der Waals surface area contributed by atoms with Crippen LogP contribution in [-0.2, 0) is 17.9 Å². The molecule has 0 radical (unpaired) electrons. The first-order valence-electron chi connectivity index (χ1n) is 11.4. The van der Waals surface area contributed by atoms with E-state index in [1.165, 1.54) is 5.56 Å². The van der Waals surface area contributed by atoms with Gasteiger partial charge in [-0.25, -0.2) is 4.98 Å². The quantitative estimate of drug-likeness (QED) is 0.600. The first-order valence-corrected chi connectivity index (χ1v) is 11.4. The molecule has 32 heavy (non-hydrogen) atoms. The van der Waals surface area contributed by atoms with Crippen molar-refractivity contribution in [2.75, 3.05) is 19.6 Å². The second-order valence-corrected chi connectivity index (χ2v) is 9.42. The molecule has 1 amide bonds. The molecule has 0 unspecified atom stereocenters. The van der Waals surface area contributed by atoms with E-state index in [1.54, 1.807) is 12.4 Å². The molecule has 2 aliphatic heterocycles. The first kappa shape index (κ1) is 20.8. The molecular weight excluding hydrogens is 400 g/mol. The van der Waals surface area contributed by atoms with Crippen molar-refractivity contribution in [2.45, 2.75) is 45.3 Å². The largest absolute Gasteiger partial charge is 0.338 e. The predicted octanol–water partition coefficient (Wildman–Crippen LogP) is 3.27. The van der Waals surface area contributed by atoms with Gasteiger partial charge in [-0.3, -0.25) is 19.7 Å². The summed E-state index contributed by atoms with van der Waals surface area (Å²) in [5.74, 6) is 0.338. The monoisotopic (exact) mass is 430 g/mol. The van der Waals surface area contributed by atoms with Crippen molar-refractivity contribution in [3.05, 3.63) is 78.4 Å². The van der Waals surface area contributed by atoms with E-state index in [9.17, 15) is 4.79 Å². The normalized spacial score (nSPS) is 23.7. The Balaban J connectivity index is 1.43. The van der Waals surface area contributed by atoms with Gasteiger partial charge >= 0.3 is 0 Å². The summed E-state index contributed by atoms with van der Waals surface area (Å²) in [6, 6.07) is 8.39. The molecule has 0 N–H and O–H groups in total. The van der Waals surface area contributed by atoms with E-state index in [2.05, 4.69) is 45.5 Å². The fourth-order valence-corrected chi connectivity index (χ4v) is 5.26. The Morgan fingerprint density at radius 1 is 1.09 bits per heavy atom. The summed E-state index contributed by atoms with van der Waals surface area (Å²) in [6.07, 6.45) is 12.2. The summed E-state index contributed by atoms with van der Waals surface area (Å²) in [7, 11) is 0. The lowest BCUT2D eigenvalue weighted by Crippen LogP contribution is -2.39. The van der Waals surface area contributed by atoms with Crippen molar-refractivity contribution < 1.29 is 4.79 Å². The Labute approximate surface area is 189 Å². The fraction of sp³-hybridized carbons (Fsp3) is 0.440. The number of likely N-dealkylation sites (tertiary alicyclic amines) is 2. The van der Waals surface area contributed by atoms with Gasteiger partial charge in [-0.05, 0) is 43.5 Å². The average molecular weight is 431 g/mol. The molecule has 166 valence electrons. The average Bonchev–Trinajstić information content (AvgIpc) is 3.50. The van der Waals surface area contributed by atoms with E-state index in [1.807, 2.05) is 41.8 Å². The maximum atomic E-state index is 13.9. The minimum absolute atomic E-state index is 0.0885. The molecular formula is C25H30N6O. The molecule has 5 heterocycles. The highest BCUT2D eigenvalue weighted by atomic mass is 16.2. The molecule has 0 aliphatic carbocycles. The number of hydrogen-bond donors (Lipinski definition) is 0. The van der Waals surface area contributed by atoms with Gasteiger partial charge in [0.2, 0.25) is 5.91 Å².